The van der Waals surface area contributed by atoms with Gasteiger partial charge in [0, 0.05) is 50.9 Å². The Balaban J connectivity index is 1.37. The number of anilines is 1. The molecule has 0 bridgehead atoms. The van der Waals surface area contributed by atoms with E-state index in [2.05, 4.69) is 30.0 Å². The molecule has 3 aromatic rings. The maximum atomic E-state index is 13.9. The van der Waals surface area contributed by atoms with Crippen molar-refractivity contribution in [1.82, 2.24) is 9.80 Å². The van der Waals surface area contributed by atoms with E-state index in [9.17, 15) is 9.59 Å². The Morgan fingerprint density at radius 1 is 0.865 bits per heavy atom. The molecule has 2 aliphatic heterocycles. The average Bonchev–Trinajstić information content (AvgIpc) is 3.39. The van der Waals surface area contributed by atoms with Gasteiger partial charge in [0.1, 0.15) is 5.75 Å². The van der Waals surface area contributed by atoms with Crippen LogP contribution in [0.2, 0.25) is 5.02 Å². The summed E-state index contributed by atoms with van der Waals surface area (Å²) in [5.74, 6) is 0.253. The Hall–Kier alpha value is -3.51. The molecule has 0 spiro atoms. The molecule has 2 atom stereocenters. The van der Waals surface area contributed by atoms with Gasteiger partial charge in [0.05, 0.1) is 23.6 Å². The third kappa shape index (κ3) is 5.16. The fourth-order valence-corrected chi connectivity index (χ4v) is 5.77. The molecule has 0 saturated carbocycles. The van der Waals surface area contributed by atoms with Gasteiger partial charge in [0.15, 0.2) is 0 Å². The highest BCUT2D eigenvalue weighted by Crippen LogP contribution is 2.37. The zero-order valence-electron chi connectivity index (χ0n) is 21.3. The van der Waals surface area contributed by atoms with Crippen LogP contribution in [0.4, 0.5) is 5.69 Å². The van der Waals surface area contributed by atoms with E-state index in [1.807, 2.05) is 47.4 Å². The van der Waals surface area contributed by atoms with E-state index in [0.29, 0.717) is 36.8 Å². The Bertz CT molecular complexity index is 1290. The molecule has 2 aliphatic rings. The summed E-state index contributed by atoms with van der Waals surface area (Å²) in [7, 11) is 1.64. The number of para-hydroxylation sites is 1. The summed E-state index contributed by atoms with van der Waals surface area (Å²) in [6, 6.07) is 23.3. The summed E-state index contributed by atoms with van der Waals surface area (Å²) in [5, 5.41) is 0.424. The number of benzene rings is 3. The maximum Gasteiger partial charge on any atom is 0.255 e. The number of rotatable bonds is 5. The van der Waals surface area contributed by atoms with Gasteiger partial charge in [-0.1, -0.05) is 54.1 Å². The van der Waals surface area contributed by atoms with Crippen LogP contribution in [0.3, 0.4) is 0 Å². The van der Waals surface area contributed by atoms with Gasteiger partial charge in [-0.3, -0.25) is 9.59 Å². The van der Waals surface area contributed by atoms with Gasteiger partial charge < -0.3 is 19.4 Å². The van der Waals surface area contributed by atoms with Crippen molar-refractivity contribution in [3.05, 3.63) is 94.5 Å². The minimum atomic E-state index is -0.330. The molecule has 0 aliphatic carbocycles. The number of piperazine rings is 1. The zero-order valence-corrected chi connectivity index (χ0v) is 22.0. The minimum Gasteiger partial charge on any atom is -0.497 e. The highest BCUT2D eigenvalue weighted by atomic mass is 35.5. The lowest BCUT2D eigenvalue weighted by atomic mass is 9.87. The highest BCUT2D eigenvalue weighted by Gasteiger charge is 2.43. The lowest BCUT2D eigenvalue weighted by Gasteiger charge is -2.38. The fraction of sp³-hybridized carbons (Fsp3) is 0.333. The first-order valence-corrected chi connectivity index (χ1v) is 13.1. The molecule has 192 valence electrons. The number of aryl methyl sites for hydroxylation is 1. The number of likely N-dealkylation sites (tertiary alicyclic amines) is 1. The third-order valence-electron chi connectivity index (χ3n) is 7.60. The molecular formula is C30H32ClN3O3. The summed E-state index contributed by atoms with van der Waals surface area (Å²) in [4.78, 5) is 33.5. The van der Waals surface area contributed by atoms with E-state index in [1.54, 1.807) is 24.1 Å². The van der Waals surface area contributed by atoms with E-state index >= 15 is 0 Å². The van der Waals surface area contributed by atoms with Gasteiger partial charge in [-0.2, -0.15) is 0 Å². The van der Waals surface area contributed by atoms with Crippen molar-refractivity contribution in [3.8, 4) is 5.75 Å². The normalized spacial score (nSPS) is 19.7. The number of hydrogen-bond acceptors (Lipinski definition) is 4. The van der Waals surface area contributed by atoms with Crippen LogP contribution in [0.5, 0.6) is 5.75 Å². The Morgan fingerprint density at radius 2 is 1.59 bits per heavy atom. The number of amides is 2. The number of nitrogens with zero attached hydrogens (tertiary/aromatic N) is 3. The van der Waals surface area contributed by atoms with E-state index in [4.69, 9.17) is 16.3 Å². The summed E-state index contributed by atoms with van der Waals surface area (Å²) in [6.07, 6.45) is 0. The quantitative estimate of drug-likeness (QED) is 0.485. The third-order valence-corrected chi connectivity index (χ3v) is 7.93. The van der Waals surface area contributed by atoms with E-state index in [-0.39, 0.29) is 23.7 Å². The topological polar surface area (TPSA) is 53.1 Å². The smallest absolute Gasteiger partial charge is 0.255 e. The molecule has 3 aromatic carbocycles. The fourth-order valence-electron chi connectivity index (χ4n) is 5.56. The first-order chi connectivity index (χ1) is 18.0. The second-order valence-corrected chi connectivity index (χ2v) is 10.2. The Kier molecular flexibility index (Phi) is 7.38. The highest BCUT2D eigenvalue weighted by molar-refractivity contribution is 6.33. The van der Waals surface area contributed by atoms with Crippen LogP contribution in [-0.4, -0.2) is 68.0 Å². The van der Waals surface area contributed by atoms with Crippen LogP contribution in [0.15, 0.2) is 72.8 Å². The molecule has 0 aromatic heterocycles. The standard InChI is InChI=1S/C30H32ClN3O3/c1-21-8-3-6-13-28(21)32-14-16-33(17-15-32)30(36)26-20-34(29(35)24-11-4-5-12-27(24)31)19-25(26)22-9-7-10-23(18-22)37-2/h3-13,18,25-26H,14-17,19-20H2,1-2H3. The molecule has 7 heteroatoms. The molecule has 6 nitrogen and oxygen atoms in total. The van der Waals surface area contributed by atoms with E-state index in [0.717, 1.165) is 24.4 Å². The molecule has 37 heavy (non-hydrogen) atoms. The van der Waals surface area contributed by atoms with Crippen LogP contribution in [0, 0.1) is 12.8 Å². The van der Waals surface area contributed by atoms with Crippen LogP contribution in [0.1, 0.15) is 27.4 Å². The molecule has 2 saturated heterocycles. The Labute approximate surface area is 223 Å². The van der Waals surface area contributed by atoms with Gasteiger partial charge in [-0.15, -0.1) is 0 Å². The molecule has 2 amide bonds. The Morgan fingerprint density at radius 3 is 2.32 bits per heavy atom. The molecule has 2 heterocycles. The van der Waals surface area contributed by atoms with Gasteiger partial charge >= 0.3 is 0 Å². The van der Waals surface area contributed by atoms with Crippen molar-refractivity contribution in [2.75, 3.05) is 51.3 Å². The van der Waals surface area contributed by atoms with Crippen LogP contribution < -0.4 is 9.64 Å². The van der Waals surface area contributed by atoms with Crippen LogP contribution in [0.25, 0.3) is 0 Å². The first-order valence-electron chi connectivity index (χ1n) is 12.7. The second kappa shape index (κ2) is 10.9. The number of methoxy groups -OCH3 is 1. The molecular weight excluding hydrogens is 486 g/mol. The number of carbonyl (C=O) groups excluding carboxylic acids is 2. The van der Waals surface area contributed by atoms with Crippen molar-refractivity contribution in [2.24, 2.45) is 5.92 Å². The summed E-state index contributed by atoms with van der Waals surface area (Å²) in [6.45, 7) is 5.83. The lowest BCUT2D eigenvalue weighted by molar-refractivity contribution is -0.135. The van der Waals surface area contributed by atoms with Crippen molar-refractivity contribution in [3.63, 3.8) is 0 Å². The predicted molar refractivity (Wildman–Crippen MR) is 147 cm³/mol. The number of hydrogen-bond donors (Lipinski definition) is 0. The van der Waals surface area contributed by atoms with Crippen molar-refractivity contribution >= 4 is 29.1 Å². The monoisotopic (exact) mass is 517 g/mol. The first kappa shape index (κ1) is 25.2. The number of carbonyl (C=O) groups is 2. The van der Waals surface area contributed by atoms with Crippen molar-refractivity contribution < 1.29 is 14.3 Å². The average molecular weight is 518 g/mol. The van der Waals surface area contributed by atoms with Gasteiger partial charge in [-0.25, -0.2) is 0 Å². The van der Waals surface area contributed by atoms with E-state index < -0.39 is 0 Å². The predicted octanol–water partition coefficient (Wildman–Crippen LogP) is 4.86. The summed E-state index contributed by atoms with van der Waals surface area (Å²) in [5.41, 5.74) is 3.94. The van der Waals surface area contributed by atoms with Crippen LogP contribution in [-0.2, 0) is 4.79 Å². The second-order valence-electron chi connectivity index (χ2n) is 9.78. The number of halogens is 1. The van der Waals surface area contributed by atoms with Gasteiger partial charge in [0.2, 0.25) is 5.91 Å². The lowest BCUT2D eigenvalue weighted by Crippen LogP contribution is -2.51. The van der Waals surface area contributed by atoms with Gasteiger partial charge in [-0.05, 0) is 48.4 Å². The molecule has 2 unspecified atom stereocenters. The molecule has 5 rings (SSSR count). The molecule has 0 radical (unpaired) electrons. The van der Waals surface area contributed by atoms with Crippen molar-refractivity contribution in [1.29, 1.82) is 0 Å². The van der Waals surface area contributed by atoms with Crippen molar-refractivity contribution in [2.45, 2.75) is 12.8 Å². The summed E-state index contributed by atoms with van der Waals surface area (Å²) >= 11 is 6.34. The minimum absolute atomic E-state index is 0.103. The number of ether oxygens (including phenoxy) is 1. The molecule has 0 N–H and O–H groups in total. The molecule has 2 fully saturated rings. The zero-order chi connectivity index (χ0) is 25.9. The maximum absolute atomic E-state index is 13.9. The van der Waals surface area contributed by atoms with Crippen LogP contribution >= 0.6 is 11.6 Å². The largest absolute Gasteiger partial charge is 0.497 e. The van der Waals surface area contributed by atoms with E-state index in [1.165, 1.54) is 11.3 Å². The summed E-state index contributed by atoms with van der Waals surface area (Å²) < 4.78 is 5.45. The van der Waals surface area contributed by atoms with Gasteiger partial charge in [0.25, 0.3) is 5.91 Å². The SMILES string of the molecule is COc1cccc(C2CN(C(=O)c3ccccc3Cl)CC2C(=O)N2CCN(c3ccccc3C)CC2)c1.